The molecule has 4 amide bonds. The SMILES string of the molecule is CCC[C@@]1(O)C(=O)OCc2c1cc1n(c2=O)Cc2c-1nc1cc(F)c(C)c3c1c2[C@@H](NC(=O)C1CC(OCNC(=O)CNC(=O)[C@H](CCC(=O)O)NC(=O)CN)C1)CC3. The molecule has 1 aromatic carbocycles. The number of ether oxygens (including phenoxy) is 2. The lowest BCUT2D eigenvalue weighted by atomic mass is 9.79. The Hall–Kier alpha value is -5.79. The summed E-state index contributed by atoms with van der Waals surface area (Å²) >= 11 is 0. The Kier molecular flexibility index (Phi) is 11.5. The summed E-state index contributed by atoms with van der Waals surface area (Å²) in [5, 5.41) is 31.5. The van der Waals surface area contributed by atoms with Crippen LogP contribution in [0.25, 0.3) is 22.3 Å². The van der Waals surface area contributed by atoms with Gasteiger partial charge in [-0.1, -0.05) is 13.3 Å². The number of aryl methyl sites for hydroxylation is 1. The number of carboxylic acid groups (broad SMARTS) is 1. The summed E-state index contributed by atoms with van der Waals surface area (Å²) in [5.74, 6) is -5.03. The van der Waals surface area contributed by atoms with Crippen LogP contribution in [0.5, 0.6) is 0 Å². The van der Waals surface area contributed by atoms with Gasteiger partial charge in [0.1, 0.15) is 25.2 Å². The number of aliphatic hydroxyl groups is 1. The minimum atomic E-state index is -2.01. The van der Waals surface area contributed by atoms with Gasteiger partial charge in [0.2, 0.25) is 23.6 Å². The normalized spacial score (nSPS) is 21.6. The zero-order chi connectivity index (χ0) is 42.3. The molecule has 0 bridgehead atoms. The fourth-order valence-electron chi connectivity index (χ4n) is 8.55. The lowest BCUT2D eigenvalue weighted by molar-refractivity contribution is -0.172. The minimum Gasteiger partial charge on any atom is -0.481 e. The molecular weight excluding hydrogens is 773 g/mol. The molecule has 0 saturated heterocycles. The highest BCUT2D eigenvalue weighted by Crippen LogP contribution is 2.46. The molecule has 2 aromatic heterocycles. The van der Waals surface area contributed by atoms with E-state index in [2.05, 4.69) is 21.3 Å². The van der Waals surface area contributed by atoms with Crippen molar-refractivity contribution in [1.82, 2.24) is 30.8 Å². The van der Waals surface area contributed by atoms with Gasteiger partial charge in [-0.05, 0) is 68.2 Å². The molecule has 7 rings (SSSR count). The average Bonchev–Trinajstić information content (AvgIpc) is 3.55. The maximum atomic E-state index is 15.3. The number of carbonyl (C=O) groups is 6. The van der Waals surface area contributed by atoms with Gasteiger partial charge >= 0.3 is 11.9 Å². The van der Waals surface area contributed by atoms with Crippen molar-refractivity contribution in [3.8, 4) is 11.4 Å². The molecule has 4 heterocycles. The quantitative estimate of drug-likeness (QED) is 0.0630. The van der Waals surface area contributed by atoms with Crippen LogP contribution in [0.3, 0.4) is 0 Å². The van der Waals surface area contributed by atoms with E-state index in [0.717, 1.165) is 16.5 Å². The number of pyridine rings is 2. The van der Waals surface area contributed by atoms with E-state index in [4.69, 9.17) is 25.3 Å². The molecule has 19 heteroatoms. The summed E-state index contributed by atoms with van der Waals surface area (Å²) in [7, 11) is 0. The Morgan fingerprint density at radius 3 is 2.59 bits per heavy atom. The maximum absolute atomic E-state index is 15.3. The van der Waals surface area contributed by atoms with Gasteiger partial charge in [0.25, 0.3) is 5.56 Å². The first-order valence-electron chi connectivity index (χ1n) is 19.6. The number of nitrogens with zero attached hydrogens (tertiary/aromatic N) is 2. The Balaban J connectivity index is 1.01. The number of cyclic esters (lactones) is 1. The van der Waals surface area contributed by atoms with Crippen molar-refractivity contribution in [2.24, 2.45) is 11.7 Å². The number of nitrogens with one attached hydrogen (secondary N) is 4. The van der Waals surface area contributed by atoms with Crippen LogP contribution in [-0.4, -0.2) is 87.3 Å². The van der Waals surface area contributed by atoms with E-state index in [1.807, 2.05) is 0 Å². The number of hydrogen-bond donors (Lipinski definition) is 7. The van der Waals surface area contributed by atoms with Gasteiger partial charge in [-0.25, -0.2) is 14.2 Å². The van der Waals surface area contributed by atoms with Crippen molar-refractivity contribution < 1.29 is 52.8 Å². The Morgan fingerprint density at radius 1 is 1.12 bits per heavy atom. The molecule has 4 aliphatic rings. The maximum Gasteiger partial charge on any atom is 0.343 e. The number of aliphatic carboxylic acids is 1. The van der Waals surface area contributed by atoms with Gasteiger partial charge in [0.15, 0.2) is 5.60 Å². The second-order valence-corrected chi connectivity index (χ2v) is 15.5. The number of esters is 1. The molecule has 0 unspecified atom stereocenters. The van der Waals surface area contributed by atoms with Crippen molar-refractivity contribution in [1.29, 1.82) is 0 Å². The van der Waals surface area contributed by atoms with Crippen molar-refractivity contribution in [3.05, 3.63) is 61.7 Å². The fraction of sp³-hybridized carbons (Fsp3) is 0.500. The van der Waals surface area contributed by atoms with Crippen LogP contribution < -0.4 is 32.6 Å². The Morgan fingerprint density at radius 2 is 1.88 bits per heavy atom. The van der Waals surface area contributed by atoms with Crippen molar-refractivity contribution in [2.75, 3.05) is 19.8 Å². The highest BCUT2D eigenvalue weighted by Gasteiger charge is 2.47. The van der Waals surface area contributed by atoms with Crippen molar-refractivity contribution in [3.63, 3.8) is 0 Å². The molecular formula is C40H46FN7O11. The first-order valence-corrected chi connectivity index (χ1v) is 19.6. The highest BCUT2D eigenvalue weighted by atomic mass is 19.1. The summed E-state index contributed by atoms with van der Waals surface area (Å²) in [5.41, 5.74) is 7.07. The van der Waals surface area contributed by atoms with E-state index in [1.54, 1.807) is 19.9 Å². The second-order valence-electron chi connectivity index (χ2n) is 15.5. The van der Waals surface area contributed by atoms with E-state index in [0.29, 0.717) is 60.1 Å². The van der Waals surface area contributed by atoms with E-state index in [1.165, 1.54) is 10.6 Å². The minimum absolute atomic E-state index is 0.0483. The van der Waals surface area contributed by atoms with Crippen LogP contribution >= 0.6 is 0 Å². The summed E-state index contributed by atoms with van der Waals surface area (Å²) in [6.07, 6.45) is 1.26. The van der Waals surface area contributed by atoms with E-state index >= 15 is 4.39 Å². The standard InChI is InChI=1S/C40H46FN7O11/c1-3-8-40(57)24-11-29-35-22(15-48(29)38(55)23(24)16-58-39(40)56)34-26(5-4-21-18(2)25(41)12-28(46-35)33(21)34)47-36(53)19-9-20(10-19)59-17-44-31(50)14-43-37(54)27(6-7-32(51)52)45-30(49)13-42/h11-12,19-20,26-27,57H,3-10,13-17,42H2,1-2H3,(H,43,54)(H,44,50)(H,45,49)(H,47,53)(H,51,52)/t19?,20?,26-,27-,40-/m0/s1. The van der Waals surface area contributed by atoms with Gasteiger partial charge in [0.05, 0.1) is 54.2 Å². The van der Waals surface area contributed by atoms with Crippen LogP contribution in [0, 0.1) is 18.7 Å². The van der Waals surface area contributed by atoms with Gasteiger partial charge in [0, 0.05) is 34.9 Å². The number of rotatable bonds is 15. The third-order valence-electron chi connectivity index (χ3n) is 11.8. The first-order chi connectivity index (χ1) is 28.1. The van der Waals surface area contributed by atoms with Crippen LogP contribution in [0.1, 0.15) is 91.3 Å². The van der Waals surface area contributed by atoms with Crippen LogP contribution in [0.4, 0.5) is 4.39 Å². The van der Waals surface area contributed by atoms with E-state index in [-0.39, 0.29) is 62.3 Å². The molecule has 0 spiro atoms. The zero-order valence-corrected chi connectivity index (χ0v) is 32.6. The van der Waals surface area contributed by atoms with Crippen LogP contribution in [-0.2, 0) is 63.4 Å². The van der Waals surface area contributed by atoms with E-state index < -0.39 is 77.7 Å². The number of fused-ring (bicyclic) bond motifs is 5. The molecule has 1 fully saturated rings. The van der Waals surface area contributed by atoms with Gasteiger partial charge in [-0.2, -0.15) is 0 Å². The molecule has 2 aliphatic heterocycles. The fourth-order valence-corrected chi connectivity index (χ4v) is 8.55. The molecule has 0 radical (unpaired) electrons. The number of aromatic nitrogens is 2. The summed E-state index contributed by atoms with van der Waals surface area (Å²) in [6, 6.07) is 1.29. The summed E-state index contributed by atoms with van der Waals surface area (Å²) in [4.78, 5) is 92.8. The second kappa shape index (κ2) is 16.5. The van der Waals surface area contributed by atoms with Crippen LogP contribution in [0.2, 0.25) is 0 Å². The lowest BCUT2D eigenvalue weighted by Crippen LogP contribution is -2.50. The summed E-state index contributed by atoms with van der Waals surface area (Å²) in [6.45, 7) is 2.29. The molecule has 8 N–H and O–H groups in total. The van der Waals surface area contributed by atoms with Crippen LogP contribution in [0.15, 0.2) is 16.9 Å². The number of amides is 4. The molecule has 3 aromatic rings. The lowest BCUT2D eigenvalue weighted by Gasteiger charge is -2.36. The third kappa shape index (κ3) is 7.76. The molecule has 59 heavy (non-hydrogen) atoms. The van der Waals surface area contributed by atoms with Gasteiger partial charge in [-0.15, -0.1) is 0 Å². The number of benzene rings is 1. The van der Waals surface area contributed by atoms with Crippen molar-refractivity contribution in [2.45, 2.75) is 102 Å². The smallest absolute Gasteiger partial charge is 0.343 e. The molecule has 18 nitrogen and oxygen atoms in total. The number of carbonyl (C=O) groups excluding carboxylic acids is 5. The first kappa shape index (κ1) is 41.4. The predicted octanol–water partition coefficient (Wildman–Crippen LogP) is 0.314. The van der Waals surface area contributed by atoms with Gasteiger partial charge < -0.3 is 51.3 Å². The molecule has 2 aliphatic carbocycles. The highest BCUT2D eigenvalue weighted by molar-refractivity contribution is 5.94. The molecule has 3 atom stereocenters. The van der Waals surface area contributed by atoms with Gasteiger partial charge in [-0.3, -0.25) is 28.8 Å². The number of halogens is 1. The Labute approximate surface area is 336 Å². The average molecular weight is 820 g/mol. The monoisotopic (exact) mass is 819 g/mol. The zero-order valence-electron chi connectivity index (χ0n) is 32.6. The topological polar surface area (TPSA) is 270 Å². The molecule has 314 valence electrons. The number of nitrogens with two attached hydrogens (primary N) is 1. The van der Waals surface area contributed by atoms with E-state index in [9.17, 15) is 38.7 Å². The molecule has 1 saturated carbocycles. The Bertz CT molecular complexity index is 2340. The largest absolute Gasteiger partial charge is 0.481 e. The van der Waals surface area contributed by atoms with Crippen molar-refractivity contribution >= 4 is 46.5 Å². The number of hydrogen-bond acceptors (Lipinski definition) is 12. The number of carboxylic acids is 1. The third-order valence-corrected chi connectivity index (χ3v) is 11.8. The predicted molar refractivity (Wildman–Crippen MR) is 205 cm³/mol. The summed E-state index contributed by atoms with van der Waals surface area (Å²) < 4.78 is 27.8.